The Bertz CT molecular complexity index is 1910. The Kier molecular flexibility index (Phi) is 35.3. The van der Waals surface area contributed by atoms with Crippen molar-refractivity contribution in [1.82, 2.24) is 0 Å². The molecule has 1 aliphatic rings. The SMILES string of the molecule is CCCCCCCCCCCCCCCC=CCCCc1ccccc1C1=C(CCCCC)C(CCCC)=C(c2ccc(CCCC)cc2)[N+]1=[N-].OCc1ccccc1.OCc1ccccc1.[Ni]. The number of aryl methyl sites for hydroxylation is 2. The predicted octanol–water partition coefficient (Wildman–Crippen LogP) is 18.7. The van der Waals surface area contributed by atoms with Gasteiger partial charge in [-0.05, 0) is 111 Å². The van der Waals surface area contributed by atoms with Crippen LogP contribution in [0.2, 0.25) is 0 Å². The third-order valence-corrected chi connectivity index (χ3v) is 13.0. The molecule has 0 atom stereocenters. The number of benzene rings is 4. The van der Waals surface area contributed by atoms with Crippen LogP contribution in [-0.2, 0) is 42.5 Å². The van der Waals surface area contributed by atoms with Crippen LogP contribution in [0.5, 0.6) is 0 Å². The molecule has 5 rings (SSSR count). The summed E-state index contributed by atoms with van der Waals surface area (Å²) in [5, 5.41) is 17.1. The Morgan fingerprint density at radius 2 is 0.824 bits per heavy atom. The van der Waals surface area contributed by atoms with Crippen LogP contribution in [0.1, 0.15) is 222 Å². The molecule has 0 aliphatic carbocycles. The summed E-state index contributed by atoms with van der Waals surface area (Å²) in [7, 11) is 0. The van der Waals surface area contributed by atoms with Crippen molar-refractivity contribution in [1.29, 1.82) is 0 Å². The molecule has 0 saturated carbocycles. The molecule has 0 amide bonds. The van der Waals surface area contributed by atoms with Crippen LogP contribution in [-0.4, -0.2) is 14.9 Å². The second kappa shape index (κ2) is 39.9. The van der Waals surface area contributed by atoms with E-state index in [1.807, 2.05) is 60.7 Å². The molecule has 1 heterocycles. The summed E-state index contributed by atoms with van der Waals surface area (Å²) >= 11 is 0. The third-order valence-electron chi connectivity index (χ3n) is 13.0. The number of nitrogens with zero attached hydrogens (tertiary/aromatic N) is 2. The van der Waals surface area contributed by atoms with E-state index in [1.54, 1.807) is 4.70 Å². The van der Waals surface area contributed by atoms with E-state index < -0.39 is 0 Å². The molecule has 0 aromatic heterocycles. The topological polar surface area (TPSA) is 65.8 Å². The van der Waals surface area contributed by atoms with Gasteiger partial charge in [-0.3, -0.25) is 0 Å². The Morgan fingerprint density at radius 1 is 0.397 bits per heavy atom. The van der Waals surface area contributed by atoms with Crippen LogP contribution in [0.15, 0.2) is 132 Å². The van der Waals surface area contributed by atoms with Gasteiger partial charge in [0.05, 0.1) is 13.2 Å². The average molecular weight is 968 g/mol. The number of unbranched alkanes of at least 4 members (excludes halogenated alkanes) is 18. The van der Waals surface area contributed by atoms with Gasteiger partial charge in [0.25, 0.3) is 0 Å². The molecular formula is C63H92N2NiO2. The number of rotatable bonds is 32. The number of hydrogen-bond donors (Lipinski definition) is 2. The van der Waals surface area contributed by atoms with Crippen molar-refractivity contribution in [2.45, 2.75) is 214 Å². The molecule has 0 saturated heterocycles. The van der Waals surface area contributed by atoms with Crippen molar-refractivity contribution in [2.24, 2.45) is 0 Å². The minimum absolute atomic E-state index is 0. The van der Waals surface area contributed by atoms with Crippen molar-refractivity contribution in [2.75, 3.05) is 0 Å². The smallest absolute Gasteiger partial charge is 0.211 e. The zero-order valence-electron chi connectivity index (χ0n) is 43.2. The number of allylic oxidation sites excluding steroid dienone is 4. The van der Waals surface area contributed by atoms with E-state index in [0.717, 1.165) is 85.9 Å². The maximum Gasteiger partial charge on any atom is 0.211 e. The number of hydrogen-bond acceptors (Lipinski definition) is 2. The maximum absolute atomic E-state index is 12.1. The summed E-state index contributed by atoms with van der Waals surface area (Å²) in [6, 6.07) is 37.0. The van der Waals surface area contributed by atoms with Crippen molar-refractivity contribution in [3.05, 3.63) is 171 Å². The van der Waals surface area contributed by atoms with Gasteiger partial charge in [0.1, 0.15) is 0 Å². The van der Waals surface area contributed by atoms with E-state index >= 15 is 0 Å². The van der Waals surface area contributed by atoms with Gasteiger partial charge >= 0.3 is 0 Å². The first-order valence-corrected chi connectivity index (χ1v) is 27.1. The average Bonchev–Trinajstić information content (AvgIpc) is 3.65. The van der Waals surface area contributed by atoms with Crippen LogP contribution in [0.4, 0.5) is 0 Å². The molecule has 2 N–H and O–H groups in total. The van der Waals surface area contributed by atoms with E-state index in [1.165, 1.54) is 143 Å². The quantitative estimate of drug-likeness (QED) is 0.0222. The summed E-state index contributed by atoms with van der Waals surface area (Å²) in [4.78, 5) is 0. The fraction of sp³-hybridized carbons (Fsp3) is 0.524. The van der Waals surface area contributed by atoms with Crippen molar-refractivity contribution >= 4 is 11.4 Å². The van der Waals surface area contributed by atoms with Crippen molar-refractivity contribution in [3.8, 4) is 0 Å². The second-order valence-corrected chi connectivity index (χ2v) is 18.7. The zero-order valence-corrected chi connectivity index (χ0v) is 44.1. The number of aliphatic hydroxyl groups is 2. The minimum Gasteiger partial charge on any atom is -0.493 e. The Morgan fingerprint density at radius 3 is 1.34 bits per heavy atom. The largest absolute Gasteiger partial charge is 0.493 e. The second-order valence-electron chi connectivity index (χ2n) is 18.7. The van der Waals surface area contributed by atoms with Crippen LogP contribution >= 0.6 is 0 Å². The molecule has 0 fully saturated rings. The van der Waals surface area contributed by atoms with Gasteiger partial charge in [-0.25, -0.2) is 4.70 Å². The molecule has 1 aliphatic heterocycles. The van der Waals surface area contributed by atoms with Gasteiger partial charge in [-0.1, -0.05) is 234 Å². The number of aliphatic hydroxyl groups excluding tert-OH is 2. The van der Waals surface area contributed by atoms with Gasteiger partial charge in [0.2, 0.25) is 11.4 Å². The molecule has 376 valence electrons. The van der Waals surface area contributed by atoms with E-state index in [9.17, 15) is 5.53 Å². The normalized spacial score (nSPS) is 12.2. The van der Waals surface area contributed by atoms with Crippen molar-refractivity contribution < 1.29 is 31.4 Å². The molecule has 4 aromatic carbocycles. The van der Waals surface area contributed by atoms with Gasteiger partial charge in [0.15, 0.2) is 0 Å². The van der Waals surface area contributed by atoms with Crippen LogP contribution in [0.25, 0.3) is 16.9 Å². The first kappa shape index (κ1) is 60.2. The predicted molar refractivity (Wildman–Crippen MR) is 290 cm³/mol. The van der Waals surface area contributed by atoms with Gasteiger partial charge in [-0.2, -0.15) is 0 Å². The Hall–Kier alpha value is -3.89. The molecule has 0 spiro atoms. The fourth-order valence-electron chi connectivity index (χ4n) is 8.94. The van der Waals surface area contributed by atoms with Crippen LogP contribution in [0.3, 0.4) is 0 Å². The fourth-order valence-corrected chi connectivity index (χ4v) is 8.94. The minimum atomic E-state index is 0. The summed E-state index contributed by atoms with van der Waals surface area (Å²) in [6.45, 7) is 9.39. The van der Waals surface area contributed by atoms with E-state index in [0.29, 0.717) is 0 Å². The van der Waals surface area contributed by atoms with Crippen LogP contribution < -0.4 is 0 Å². The molecule has 0 unspecified atom stereocenters. The molecule has 68 heavy (non-hydrogen) atoms. The molecular weight excluding hydrogens is 875 g/mol. The van der Waals surface area contributed by atoms with Gasteiger partial charge in [0, 0.05) is 38.8 Å². The first-order chi connectivity index (χ1) is 33.0. The molecule has 4 nitrogen and oxygen atoms in total. The molecule has 5 heteroatoms. The summed E-state index contributed by atoms with van der Waals surface area (Å²) in [5.41, 5.74) is 23.9. The third kappa shape index (κ3) is 24.1. The molecule has 4 aromatic rings. The molecule has 0 radical (unpaired) electrons. The first-order valence-electron chi connectivity index (χ1n) is 27.1. The van der Waals surface area contributed by atoms with E-state index in [4.69, 9.17) is 10.2 Å². The Balaban J connectivity index is 0.000000778. The van der Waals surface area contributed by atoms with Crippen molar-refractivity contribution in [3.63, 3.8) is 0 Å². The monoisotopic (exact) mass is 967 g/mol. The van der Waals surface area contributed by atoms with Gasteiger partial charge in [-0.15, -0.1) is 0 Å². The standard InChI is InChI=1S/C49H76N2.2C7H8O.Ni/c1-5-9-13-14-15-16-17-18-19-20-21-22-23-24-25-26-27-29-33-43-34-30-31-36-45(43)49-47(37-28-10-6-2)46(35-12-8-4)48(51(49)50)44-40-38-42(39-41-44)32-11-7-3;2*8-6-7-4-2-1-3-5-7;/h25-26,30-31,34,36,38-41H,5-24,27-29,32-33,35,37H2,1-4H3;2*1-5,8H,6H2;. The Labute approximate surface area is 426 Å². The molecule has 0 bridgehead atoms. The summed E-state index contributed by atoms with van der Waals surface area (Å²) in [6.07, 6.45) is 39.2. The van der Waals surface area contributed by atoms with E-state index in [-0.39, 0.29) is 29.7 Å². The van der Waals surface area contributed by atoms with E-state index in [2.05, 4.69) is 88.4 Å². The summed E-state index contributed by atoms with van der Waals surface area (Å²) < 4.78 is 1.58. The zero-order chi connectivity index (χ0) is 48.0. The summed E-state index contributed by atoms with van der Waals surface area (Å²) in [5.74, 6) is 0. The maximum atomic E-state index is 12.1. The van der Waals surface area contributed by atoms with Gasteiger partial charge < -0.3 is 15.7 Å². The van der Waals surface area contributed by atoms with Crippen LogP contribution in [0, 0.1) is 0 Å².